The zero-order chi connectivity index (χ0) is 36.7. The van der Waals surface area contributed by atoms with Crippen molar-refractivity contribution in [1.82, 2.24) is 20.9 Å². The van der Waals surface area contributed by atoms with Crippen LogP contribution in [0, 0.1) is 19.3 Å². The first-order chi connectivity index (χ1) is 23.0. The van der Waals surface area contributed by atoms with Crippen LogP contribution in [0.1, 0.15) is 104 Å². The molecule has 49 heavy (non-hydrogen) atoms. The SMILES string of the molecule is CCC[C@H](NC(=O)[C@@H]1C[C@]2(CC(c3cc(C)c(OCC)c(C)c3)=NO2)CN1C(=O)[C@@H](NC(=O)O[C@@H](C)CCC)C(C)(C)C)C(=O)C(=O)NC. The van der Waals surface area contributed by atoms with E-state index in [2.05, 4.69) is 21.1 Å². The summed E-state index contributed by atoms with van der Waals surface area (Å²) in [7, 11) is 1.35. The number of carbonyl (C=O) groups is 5. The number of alkyl carbamates (subject to hydrolysis) is 1. The molecule has 2 aliphatic rings. The third-order valence-corrected chi connectivity index (χ3v) is 8.95. The summed E-state index contributed by atoms with van der Waals surface area (Å²) >= 11 is 0. The van der Waals surface area contributed by atoms with E-state index in [1.54, 1.807) is 6.92 Å². The summed E-state index contributed by atoms with van der Waals surface area (Å²) < 4.78 is 11.3. The van der Waals surface area contributed by atoms with Crippen LogP contribution in [0.5, 0.6) is 5.75 Å². The van der Waals surface area contributed by atoms with Gasteiger partial charge in [-0.2, -0.15) is 0 Å². The van der Waals surface area contributed by atoms with Crippen LogP contribution in [0.2, 0.25) is 0 Å². The highest BCUT2D eigenvalue weighted by Crippen LogP contribution is 2.40. The van der Waals surface area contributed by atoms with Crippen molar-refractivity contribution >= 4 is 35.3 Å². The highest BCUT2D eigenvalue weighted by molar-refractivity contribution is 6.38. The molecule has 13 nitrogen and oxygen atoms in total. The quantitative estimate of drug-likeness (QED) is 0.247. The summed E-state index contributed by atoms with van der Waals surface area (Å²) in [6.07, 6.45) is 1.57. The van der Waals surface area contributed by atoms with E-state index in [0.29, 0.717) is 31.6 Å². The number of hydrogen-bond acceptors (Lipinski definition) is 9. The second-order valence-electron chi connectivity index (χ2n) is 14.3. The van der Waals surface area contributed by atoms with Gasteiger partial charge in [0.15, 0.2) is 5.60 Å². The highest BCUT2D eigenvalue weighted by atomic mass is 16.7. The Bertz CT molecular complexity index is 1410. The number of rotatable bonds is 14. The number of oxime groups is 1. The predicted molar refractivity (Wildman–Crippen MR) is 185 cm³/mol. The van der Waals surface area contributed by atoms with E-state index in [4.69, 9.17) is 14.3 Å². The Hall–Kier alpha value is -4.16. The third kappa shape index (κ3) is 9.51. The topological polar surface area (TPSA) is 165 Å². The number of amides is 4. The molecule has 5 atom stereocenters. The van der Waals surface area contributed by atoms with Gasteiger partial charge in [0.2, 0.25) is 17.6 Å². The molecule has 4 amide bonds. The number of likely N-dealkylation sites (tertiary alicyclic amines) is 1. The number of hydrogen-bond donors (Lipinski definition) is 3. The molecule has 3 rings (SSSR count). The van der Waals surface area contributed by atoms with Gasteiger partial charge in [0.25, 0.3) is 5.91 Å². The molecule has 2 heterocycles. The molecule has 1 aromatic carbocycles. The fourth-order valence-corrected chi connectivity index (χ4v) is 6.49. The first-order valence-corrected chi connectivity index (χ1v) is 17.3. The van der Waals surface area contributed by atoms with Gasteiger partial charge in [-0.3, -0.25) is 19.2 Å². The maximum atomic E-state index is 14.5. The van der Waals surface area contributed by atoms with Crippen LogP contribution in [0.25, 0.3) is 0 Å². The molecular formula is C36H55N5O8. The van der Waals surface area contributed by atoms with Gasteiger partial charge in [-0.25, -0.2) is 4.79 Å². The number of aryl methyl sites for hydroxylation is 2. The van der Waals surface area contributed by atoms with E-state index in [1.807, 2.05) is 67.5 Å². The number of ketones is 1. The standard InChI is InChI=1S/C36H55N5O8/c1-11-14-23(6)48-34(46)39-30(35(7,8)9)33(45)41-20-36(19-27(41)31(43)38-25(15-12-2)28(42)32(44)37-10)18-26(40-49-36)24-16-21(4)29(47-13-3)22(5)17-24/h16-17,23,25,27,30H,11-15,18-20H2,1-10H3,(H,37,44)(H,38,43)(H,39,46)/t23-,25-,27-,30+,36+/m0/s1. The Balaban J connectivity index is 1.97. The fraction of sp³-hybridized carbons (Fsp3) is 0.667. The van der Waals surface area contributed by atoms with Gasteiger partial charge in [-0.05, 0) is 69.2 Å². The van der Waals surface area contributed by atoms with Gasteiger partial charge in [0.1, 0.15) is 23.9 Å². The molecule has 0 bridgehead atoms. The maximum Gasteiger partial charge on any atom is 0.408 e. The Morgan fingerprint density at radius 2 is 1.67 bits per heavy atom. The summed E-state index contributed by atoms with van der Waals surface area (Å²) in [6, 6.07) is 0.738. The van der Waals surface area contributed by atoms with Gasteiger partial charge >= 0.3 is 6.09 Å². The first kappa shape index (κ1) is 39.3. The molecule has 0 aliphatic carbocycles. The van der Waals surface area contributed by atoms with Crippen LogP contribution in [-0.4, -0.2) is 90.2 Å². The van der Waals surface area contributed by atoms with Crippen LogP contribution in [0.4, 0.5) is 4.79 Å². The minimum atomic E-state index is -1.08. The summed E-state index contributed by atoms with van der Waals surface area (Å²) in [5.74, 6) is -1.88. The number of Topliss-reactive ketones (excluding diaryl/α,β-unsaturated/α-hetero) is 1. The van der Waals surface area contributed by atoms with Crippen LogP contribution in [0.3, 0.4) is 0 Å². The lowest BCUT2D eigenvalue weighted by molar-refractivity contribution is -0.144. The molecule has 1 aromatic rings. The van der Waals surface area contributed by atoms with Crippen molar-refractivity contribution < 1.29 is 38.3 Å². The molecule has 1 saturated heterocycles. The lowest BCUT2D eigenvalue weighted by atomic mass is 9.85. The van der Waals surface area contributed by atoms with Crippen molar-refractivity contribution in [1.29, 1.82) is 0 Å². The minimum Gasteiger partial charge on any atom is -0.493 e. The van der Waals surface area contributed by atoms with E-state index in [-0.39, 0.29) is 25.5 Å². The molecule has 0 saturated carbocycles. The normalized spacial score (nSPS) is 20.5. The zero-order valence-corrected chi connectivity index (χ0v) is 30.8. The van der Waals surface area contributed by atoms with Crippen molar-refractivity contribution in [2.24, 2.45) is 10.6 Å². The molecule has 0 aromatic heterocycles. The lowest BCUT2D eigenvalue weighted by Crippen LogP contribution is -2.59. The Morgan fingerprint density at radius 1 is 1.04 bits per heavy atom. The van der Waals surface area contributed by atoms with Crippen molar-refractivity contribution in [3.63, 3.8) is 0 Å². The third-order valence-electron chi connectivity index (χ3n) is 8.95. The van der Waals surface area contributed by atoms with Crippen molar-refractivity contribution in [3.8, 4) is 5.75 Å². The maximum absolute atomic E-state index is 14.5. The molecule has 0 unspecified atom stereocenters. The van der Waals surface area contributed by atoms with Crippen LogP contribution >= 0.6 is 0 Å². The van der Waals surface area contributed by atoms with Crippen molar-refractivity contribution in [2.75, 3.05) is 20.2 Å². The number of ether oxygens (including phenoxy) is 2. The van der Waals surface area contributed by atoms with Crippen LogP contribution in [0.15, 0.2) is 17.3 Å². The number of nitrogens with zero attached hydrogens (tertiary/aromatic N) is 2. The Morgan fingerprint density at radius 3 is 2.22 bits per heavy atom. The molecule has 2 aliphatic heterocycles. The average Bonchev–Trinajstić information content (AvgIpc) is 3.63. The minimum absolute atomic E-state index is 0.00327. The van der Waals surface area contributed by atoms with Crippen LogP contribution < -0.4 is 20.7 Å². The summed E-state index contributed by atoms with van der Waals surface area (Å²) in [4.78, 5) is 74.1. The van der Waals surface area contributed by atoms with Crippen molar-refractivity contribution in [2.45, 2.75) is 131 Å². The van der Waals surface area contributed by atoms with Crippen LogP contribution in [-0.2, 0) is 28.8 Å². The van der Waals surface area contributed by atoms with Gasteiger partial charge in [0.05, 0.1) is 24.9 Å². The first-order valence-electron chi connectivity index (χ1n) is 17.3. The molecule has 13 heteroatoms. The molecule has 1 fully saturated rings. The van der Waals surface area contributed by atoms with E-state index in [1.165, 1.54) is 11.9 Å². The highest BCUT2D eigenvalue weighted by Gasteiger charge is 2.55. The smallest absolute Gasteiger partial charge is 0.408 e. The van der Waals surface area contributed by atoms with Gasteiger partial charge < -0.3 is 35.2 Å². The van der Waals surface area contributed by atoms with E-state index < -0.39 is 58.7 Å². The fourth-order valence-electron chi connectivity index (χ4n) is 6.49. The van der Waals surface area contributed by atoms with E-state index in [9.17, 15) is 24.0 Å². The Labute approximate surface area is 290 Å². The summed E-state index contributed by atoms with van der Waals surface area (Å²) in [5.41, 5.74) is 1.60. The van der Waals surface area contributed by atoms with Crippen molar-refractivity contribution in [3.05, 3.63) is 28.8 Å². The summed E-state index contributed by atoms with van der Waals surface area (Å²) in [5, 5.41) is 12.3. The second-order valence-corrected chi connectivity index (χ2v) is 14.3. The predicted octanol–water partition coefficient (Wildman–Crippen LogP) is 4.10. The van der Waals surface area contributed by atoms with E-state index in [0.717, 1.165) is 28.9 Å². The molecule has 3 N–H and O–H groups in total. The Kier molecular flexibility index (Phi) is 13.2. The lowest BCUT2D eigenvalue weighted by Gasteiger charge is -2.35. The van der Waals surface area contributed by atoms with Gasteiger partial charge in [-0.15, -0.1) is 0 Å². The van der Waals surface area contributed by atoms with Gasteiger partial charge in [-0.1, -0.05) is 52.6 Å². The molecule has 1 spiro atoms. The zero-order valence-electron chi connectivity index (χ0n) is 30.8. The molecule has 272 valence electrons. The van der Waals surface area contributed by atoms with Gasteiger partial charge in [0, 0.05) is 25.5 Å². The number of nitrogens with one attached hydrogen (secondary N) is 3. The summed E-state index contributed by atoms with van der Waals surface area (Å²) in [6.45, 7) is 17.5. The largest absolute Gasteiger partial charge is 0.493 e. The average molecular weight is 686 g/mol. The molecular weight excluding hydrogens is 630 g/mol. The second kappa shape index (κ2) is 16.5. The number of benzene rings is 1. The number of carbonyl (C=O) groups excluding carboxylic acids is 5. The van der Waals surface area contributed by atoms with E-state index >= 15 is 0 Å². The molecule has 0 radical (unpaired) electrons. The monoisotopic (exact) mass is 685 g/mol. The number of likely N-dealkylation sites (N-methyl/N-ethyl adjacent to an activating group) is 1.